The summed E-state index contributed by atoms with van der Waals surface area (Å²) >= 11 is 0. The van der Waals surface area contributed by atoms with Gasteiger partial charge in [0.25, 0.3) is 5.91 Å². The minimum absolute atomic E-state index is 0.341. The first-order chi connectivity index (χ1) is 9.61. The summed E-state index contributed by atoms with van der Waals surface area (Å²) in [4.78, 5) is 22.8. The summed E-state index contributed by atoms with van der Waals surface area (Å²) < 4.78 is 0. The third-order valence-electron chi connectivity index (χ3n) is 2.99. The molecule has 0 spiro atoms. The van der Waals surface area contributed by atoms with Crippen molar-refractivity contribution in [3.05, 3.63) is 42.2 Å². The lowest BCUT2D eigenvalue weighted by molar-refractivity contribution is -0.139. The zero-order valence-electron chi connectivity index (χ0n) is 11.0. The van der Waals surface area contributed by atoms with Crippen molar-refractivity contribution in [3.8, 4) is 11.1 Å². The van der Waals surface area contributed by atoms with Gasteiger partial charge in [-0.1, -0.05) is 19.1 Å². The van der Waals surface area contributed by atoms with Gasteiger partial charge in [0.1, 0.15) is 6.04 Å². The number of rotatable bonds is 5. The van der Waals surface area contributed by atoms with Crippen LogP contribution in [0.2, 0.25) is 0 Å². The maximum absolute atomic E-state index is 11.9. The highest BCUT2D eigenvalue weighted by atomic mass is 16.4. The van der Waals surface area contributed by atoms with E-state index in [1.165, 1.54) is 0 Å². The van der Waals surface area contributed by atoms with E-state index >= 15 is 0 Å². The number of benzene rings is 1. The molecule has 1 aromatic heterocycles. The lowest BCUT2D eigenvalue weighted by Crippen LogP contribution is -2.40. The predicted molar refractivity (Wildman–Crippen MR) is 73.2 cm³/mol. The Kier molecular flexibility index (Phi) is 4.14. The van der Waals surface area contributed by atoms with Crippen molar-refractivity contribution >= 4 is 11.9 Å². The number of aromatic nitrogens is 2. The number of nitrogens with zero attached hydrogens (tertiary/aromatic N) is 1. The molecule has 6 heteroatoms. The van der Waals surface area contributed by atoms with Crippen LogP contribution in [0.3, 0.4) is 0 Å². The van der Waals surface area contributed by atoms with Gasteiger partial charge in [0, 0.05) is 17.3 Å². The van der Waals surface area contributed by atoms with Crippen LogP contribution in [0.15, 0.2) is 36.7 Å². The van der Waals surface area contributed by atoms with Crippen LogP contribution in [-0.4, -0.2) is 33.2 Å². The van der Waals surface area contributed by atoms with Gasteiger partial charge in [0.2, 0.25) is 0 Å². The zero-order valence-corrected chi connectivity index (χ0v) is 11.0. The molecule has 0 saturated heterocycles. The Labute approximate surface area is 115 Å². The number of hydrogen-bond donors (Lipinski definition) is 3. The smallest absolute Gasteiger partial charge is 0.326 e. The van der Waals surface area contributed by atoms with Crippen LogP contribution in [0.5, 0.6) is 0 Å². The third-order valence-corrected chi connectivity index (χ3v) is 2.99. The Morgan fingerprint density at radius 3 is 2.50 bits per heavy atom. The van der Waals surface area contributed by atoms with E-state index in [0.29, 0.717) is 12.0 Å². The average Bonchev–Trinajstić information content (AvgIpc) is 2.98. The number of carboxylic acids is 1. The fourth-order valence-corrected chi connectivity index (χ4v) is 1.80. The van der Waals surface area contributed by atoms with Crippen molar-refractivity contribution in [1.29, 1.82) is 0 Å². The molecule has 6 nitrogen and oxygen atoms in total. The first-order valence-electron chi connectivity index (χ1n) is 6.24. The fourth-order valence-electron chi connectivity index (χ4n) is 1.80. The first-order valence-corrected chi connectivity index (χ1v) is 6.24. The minimum Gasteiger partial charge on any atom is -0.480 e. The highest BCUT2D eigenvalue weighted by Gasteiger charge is 2.18. The van der Waals surface area contributed by atoms with E-state index in [4.69, 9.17) is 5.11 Å². The van der Waals surface area contributed by atoms with Crippen LogP contribution in [0.1, 0.15) is 23.7 Å². The van der Waals surface area contributed by atoms with Crippen molar-refractivity contribution in [1.82, 2.24) is 15.5 Å². The molecule has 0 aliphatic carbocycles. The summed E-state index contributed by atoms with van der Waals surface area (Å²) in [5.74, 6) is -1.42. The highest BCUT2D eigenvalue weighted by Crippen LogP contribution is 2.17. The second kappa shape index (κ2) is 6.01. The summed E-state index contributed by atoms with van der Waals surface area (Å²) in [6.45, 7) is 1.71. The molecule has 104 valence electrons. The number of carboxylic acid groups (broad SMARTS) is 1. The Bertz CT molecular complexity index is 591. The molecule has 2 rings (SSSR count). The van der Waals surface area contributed by atoms with Crippen molar-refractivity contribution in [2.24, 2.45) is 0 Å². The number of nitrogens with one attached hydrogen (secondary N) is 2. The molecule has 0 aliphatic heterocycles. The zero-order chi connectivity index (χ0) is 14.5. The van der Waals surface area contributed by atoms with Crippen molar-refractivity contribution in [2.75, 3.05) is 0 Å². The maximum Gasteiger partial charge on any atom is 0.326 e. The first kappa shape index (κ1) is 13.8. The predicted octanol–water partition coefficient (Wildman–Crippen LogP) is 1.67. The van der Waals surface area contributed by atoms with E-state index in [1.807, 2.05) is 0 Å². The second-order valence-electron chi connectivity index (χ2n) is 4.34. The second-order valence-corrected chi connectivity index (χ2v) is 4.34. The minimum atomic E-state index is -1.03. The molecular formula is C14H15N3O3. The summed E-state index contributed by atoms with van der Waals surface area (Å²) in [6.07, 6.45) is 3.79. The lowest BCUT2D eigenvalue weighted by Gasteiger charge is -2.12. The molecule has 2 aromatic rings. The van der Waals surface area contributed by atoms with Gasteiger partial charge in [-0.2, -0.15) is 5.10 Å². The van der Waals surface area contributed by atoms with Crippen LogP contribution in [0.25, 0.3) is 11.1 Å². The van der Waals surface area contributed by atoms with Gasteiger partial charge in [0.15, 0.2) is 0 Å². The number of hydrogen-bond acceptors (Lipinski definition) is 3. The molecule has 0 bridgehead atoms. The molecule has 0 radical (unpaired) electrons. The van der Waals surface area contributed by atoms with E-state index in [2.05, 4.69) is 15.5 Å². The molecule has 3 N–H and O–H groups in total. The maximum atomic E-state index is 11.9. The lowest BCUT2D eigenvalue weighted by atomic mass is 10.1. The Morgan fingerprint density at radius 2 is 2.00 bits per heavy atom. The van der Waals surface area contributed by atoms with Crippen molar-refractivity contribution < 1.29 is 14.7 Å². The van der Waals surface area contributed by atoms with E-state index < -0.39 is 17.9 Å². The van der Waals surface area contributed by atoms with E-state index in [-0.39, 0.29) is 0 Å². The molecule has 20 heavy (non-hydrogen) atoms. The van der Waals surface area contributed by atoms with Crippen molar-refractivity contribution in [3.63, 3.8) is 0 Å². The molecule has 1 amide bonds. The molecule has 0 fully saturated rings. The van der Waals surface area contributed by atoms with Crippen LogP contribution in [0, 0.1) is 0 Å². The molecule has 1 unspecified atom stereocenters. The molecular weight excluding hydrogens is 258 g/mol. The largest absolute Gasteiger partial charge is 0.480 e. The number of carbonyl (C=O) groups is 2. The molecule has 0 aliphatic rings. The van der Waals surface area contributed by atoms with E-state index in [1.54, 1.807) is 43.6 Å². The summed E-state index contributed by atoms with van der Waals surface area (Å²) in [5.41, 5.74) is 2.28. The van der Waals surface area contributed by atoms with Gasteiger partial charge in [-0.15, -0.1) is 0 Å². The van der Waals surface area contributed by atoms with Gasteiger partial charge >= 0.3 is 5.97 Å². The Hall–Kier alpha value is -2.63. The summed E-state index contributed by atoms with van der Waals surface area (Å²) in [5, 5.41) is 18.0. The number of H-pyrrole nitrogens is 1. The normalized spacial score (nSPS) is 11.8. The van der Waals surface area contributed by atoms with Crippen molar-refractivity contribution in [2.45, 2.75) is 19.4 Å². The van der Waals surface area contributed by atoms with Crippen LogP contribution in [0.4, 0.5) is 0 Å². The van der Waals surface area contributed by atoms with E-state index in [9.17, 15) is 9.59 Å². The number of aliphatic carboxylic acids is 1. The van der Waals surface area contributed by atoms with Crippen LogP contribution >= 0.6 is 0 Å². The Morgan fingerprint density at radius 1 is 1.30 bits per heavy atom. The quantitative estimate of drug-likeness (QED) is 0.772. The van der Waals surface area contributed by atoms with Crippen LogP contribution < -0.4 is 5.32 Å². The molecule has 0 saturated carbocycles. The van der Waals surface area contributed by atoms with Gasteiger partial charge in [-0.25, -0.2) is 4.79 Å². The third kappa shape index (κ3) is 3.03. The summed E-state index contributed by atoms with van der Waals surface area (Å²) in [7, 11) is 0. The molecule has 1 heterocycles. The topological polar surface area (TPSA) is 95.1 Å². The number of amides is 1. The SMILES string of the molecule is CCC(NC(=O)c1ccc(-c2cn[nH]c2)cc1)C(=O)O. The molecule has 1 atom stereocenters. The highest BCUT2D eigenvalue weighted by molar-refractivity contribution is 5.96. The number of aromatic amines is 1. The van der Waals surface area contributed by atoms with Gasteiger partial charge in [0.05, 0.1) is 6.20 Å². The molecule has 1 aromatic carbocycles. The van der Waals surface area contributed by atoms with Gasteiger partial charge in [-0.3, -0.25) is 9.89 Å². The monoisotopic (exact) mass is 273 g/mol. The average molecular weight is 273 g/mol. The standard InChI is InChI=1S/C14H15N3O3/c1-2-12(14(19)20)17-13(18)10-5-3-9(4-6-10)11-7-15-16-8-11/h3-8,12H,2H2,1H3,(H,15,16)(H,17,18)(H,19,20). The van der Waals surface area contributed by atoms with Crippen LogP contribution in [-0.2, 0) is 4.79 Å². The number of carbonyl (C=O) groups excluding carboxylic acids is 1. The van der Waals surface area contributed by atoms with Gasteiger partial charge in [-0.05, 0) is 24.1 Å². The van der Waals surface area contributed by atoms with E-state index in [0.717, 1.165) is 11.1 Å². The Balaban J connectivity index is 2.10. The summed E-state index contributed by atoms with van der Waals surface area (Å²) in [6, 6.07) is 6.04. The fraction of sp³-hybridized carbons (Fsp3) is 0.214. The van der Waals surface area contributed by atoms with Gasteiger partial charge < -0.3 is 10.4 Å².